The van der Waals surface area contributed by atoms with Gasteiger partial charge in [-0.1, -0.05) is 142 Å². The van der Waals surface area contributed by atoms with E-state index in [0.29, 0.717) is 50.6 Å². The number of nitrogens with one attached hydrogen (secondary N) is 4. The minimum absolute atomic E-state index is 0.139. The SMILES string of the molecule is CCOc1ccccc1C(=O)NCc1ccc(CN2CCCC2)cc1-c1ccc(Cn2c(CC)nc3c(C)cc(C)nc32)cc1.CCc1nc2c(C)cc(C)nc2n1Cc1ccc(-c2cc(CN3CCCC3)ccc2CNC(=O)NC)cc1.CCc1nc2c(C)cc(C)nc2n1Cc1ccc(-c2cc(CN3CCOCC3)ccc2CNC(=O)OC)cc1.O=C=O. The highest BCUT2D eigenvalue weighted by Crippen LogP contribution is 2.34. The molecule has 0 saturated carbocycles. The van der Waals surface area contributed by atoms with E-state index in [1.807, 2.05) is 52.0 Å². The van der Waals surface area contributed by atoms with Crippen molar-refractivity contribution in [3.8, 4) is 39.1 Å². The van der Waals surface area contributed by atoms with Gasteiger partial charge in [0.2, 0.25) is 0 Å². The van der Waals surface area contributed by atoms with Crippen LogP contribution in [-0.4, -0.2) is 156 Å². The topological polar surface area (TPSA) is 263 Å². The van der Waals surface area contributed by atoms with E-state index in [4.69, 9.17) is 53.7 Å². The second kappa shape index (κ2) is 43.2. The Hall–Kier alpha value is -12.6. The van der Waals surface area contributed by atoms with Crippen molar-refractivity contribution >= 4 is 57.7 Å². The average molecular weight is 1680 g/mol. The molecule has 125 heavy (non-hydrogen) atoms. The number of urea groups is 1. The summed E-state index contributed by atoms with van der Waals surface area (Å²) in [7, 11) is 3.02. The molecule has 0 spiro atoms. The number of nitrogens with zero attached hydrogens (tertiary/aromatic N) is 12. The number of methoxy groups -OCH3 is 1. The summed E-state index contributed by atoms with van der Waals surface area (Å²) in [5.41, 5.74) is 30.4. The first-order chi connectivity index (χ1) is 60.7. The third-order valence-electron chi connectivity index (χ3n) is 23.5. The number of para-hydroxylation sites is 1. The molecule has 3 aliphatic rings. The minimum Gasteiger partial charge on any atom is -0.493 e. The van der Waals surface area contributed by atoms with Crippen LogP contribution >= 0.6 is 0 Å². The summed E-state index contributed by atoms with van der Waals surface area (Å²) in [6.07, 6.45) is 7.46. The lowest BCUT2D eigenvalue weighted by Crippen LogP contribution is -2.35. The standard InChI is InChI=1S/C38H43N5O2.C31H38N6O.C31H37N5O3.CO2/c1-5-35-41-36-26(3)21-27(4)40-37(36)43(35)25-28-13-16-30(17-14-28)33-22-29(24-42-19-9-10-20-42)15-18-31(33)23-39-38(44)32-11-7-8-12-34(32)45-6-2;1-5-28-35-29-21(2)16-22(3)34-30(29)37(28)20-23-8-11-25(12-9-23)27-17-24(19-36-14-6-7-15-36)10-13-26(27)18-33-31(38)32-4;1-5-28-34-29-21(2)16-22(3)33-30(29)36(28)20-23-6-9-25(10-7-23)27-17-24(19-35-12-14-39-15-13-35)8-11-26(27)18-32-31(37)38-4;2-1-3/h7-8,11-18,21-22H,5-6,9-10,19-20,23-25H2,1-4H3,(H,39,44);8-13,16-17H,5-7,14-15,18-20H2,1-4H3,(H2,32,33,38);6-11,16-17H,5,12-15,18-20H2,1-4H3,(H,32,37);. The predicted molar refractivity (Wildman–Crippen MR) is 492 cm³/mol. The van der Waals surface area contributed by atoms with Crippen LogP contribution < -0.4 is 26.0 Å². The Kier molecular flexibility index (Phi) is 31.1. The van der Waals surface area contributed by atoms with E-state index in [1.54, 1.807) is 7.05 Å². The van der Waals surface area contributed by atoms with E-state index >= 15 is 0 Å². The summed E-state index contributed by atoms with van der Waals surface area (Å²) in [6, 6.07) is 59.7. The molecule has 24 heteroatoms. The molecule has 6 aromatic heterocycles. The second-order valence-electron chi connectivity index (χ2n) is 32.6. The third-order valence-corrected chi connectivity index (χ3v) is 23.5. The van der Waals surface area contributed by atoms with Crippen molar-refractivity contribution in [3.63, 3.8) is 0 Å². The Balaban J connectivity index is 0.000000159. The molecule has 7 aromatic carbocycles. The first-order valence-corrected chi connectivity index (χ1v) is 43.9. The highest BCUT2D eigenvalue weighted by molar-refractivity contribution is 5.97. The number of amides is 4. The van der Waals surface area contributed by atoms with E-state index in [1.165, 1.54) is 90.4 Å². The van der Waals surface area contributed by atoms with Crippen molar-refractivity contribution in [1.29, 1.82) is 0 Å². The number of benzene rings is 7. The molecular weight excluding hydrogens is 1570 g/mol. The maximum absolute atomic E-state index is 13.2. The van der Waals surface area contributed by atoms with Crippen molar-refractivity contribution in [2.24, 2.45) is 0 Å². The Morgan fingerprint density at radius 1 is 0.416 bits per heavy atom. The zero-order valence-corrected chi connectivity index (χ0v) is 74.5. The van der Waals surface area contributed by atoms with Crippen LogP contribution in [0.15, 0.2) is 170 Å². The molecule has 3 fully saturated rings. The molecule has 3 saturated heterocycles. The van der Waals surface area contributed by atoms with E-state index in [9.17, 15) is 14.4 Å². The Morgan fingerprint density at radius 2 is 0.760 bits per heavy atom. The number of alkyl carbamates (subject to hydrolysis) is 1. The molecule has 13 aromatic rings. The monoisotopic (exact) mass is 1680 g/mol. The van der Waals surface area contributed by atoms with E-state index < -0.39 is 6.09 Å². The highest BCUT2D eigenvalue weighted by atomic mass is 16.5. The zero-order valence-electron chi connectivity index (χ0n) is 74.5. The van der Waals surface area contributed by atoms with Gasteiger partial charge in [-0.2, -0.15) is 9.59 Å². The van der Waals surface area contributed by atoms with Crippen LogP contribution in [0.25, 0.3) is 66.9 Å². The molecule has 0 unspecified atom stereocenters. The predicted octanol–water partition coefficient (Wildman–Crippen LogP) is 17.0. The van der Waals surface area contributed by atoms with E-state index in [0.717, 1.165) is 209 Å². The summed E-state index contributed by atoms with van der Waals surface area (Å²) >= 11 is 0. The molecule has 3 aliphatic heterocycles. The van der Waals surface area contributed by atoms with Crippen molar-refractivity contribution in [3.05, 3.63) is 277 Å². The van der Waals surface area contributed by atoms with Gasteiger partial charge in [-0.25, -0.2) is 39.5 Å². The van der Waals surface area contributed by atoms with Crippen LogP contribution in [0.1, 0.15) is 165 Å². The lowest BCUT2D eigenvalue weighted by molar-refractivity contribution is -0.191. The third kappa shape index (κ3) is 22.9. The number of aryl methyl sites for hydroxylation is 9. The van der Waals surface area contributed by atoms with Gasteiger partial charge in [0.1, 0.15) is 39.8 Å². The number of carbonyl (C=O) groups excluding carboxylic acids is 5. The number of aromatic nitrogens is 9. The van der Waals surface area contributed by atoms with Gasteiger partial charge >= 0.3 is 18.3 Å². The zero-order chi connectivity index (χ0) is 88.0. The number of ether oxygens (including phenoxy) is 3. The van der Waals surface area contributed by atoms with Gasteiger partial charge in [-0.3, -0.25) is 19.5 Å². The van der Waals surface area contributed by atoms with Crippen LogP contribution in [0.4, 0.5) is 9.59 Å². The number of morpholine rings is 1. The molecule has 0 radical (unpaired) electrons. The molecule has 16 rings (SSSR count). The molecule has 9 heterocycles. The van der Waals surface area contributed by atoms with Crippen molar-refractivity contribution in [2.75, 3.05) is 73.2 Å². The van der Waals surface area contributed by atoms with Crippen LogP contribution in [0.3, 0.4) is 0 Å². The molecule has 0 aliphatic carbocycles. The van der Waals surface area contributed by atoms with Gasteiger partial charge in [0.15, 0.2) is 16.9 Å². The summed E-state index contributed by atoms with van der Waals surface area (Å²) in [6.45, 7) is 35.6. The fraction of sp³-hybridized carbons (Fsp3) is 0.366. The van der Waals surface area contributed by atoms with Gasteiger partial charge < -0.3 is 49.2 Å². The normalized spacial score (nSPS) is 13.5. The fourth-order valence-corrected chi connectivity index (χ4v) is 17.1. The molecule has 4 N–H and O–H groups in total. The van der Waals surface area contributed by atoms with Crippen LogP contribution in [0.2, 0.25) is 0 Å². The van der Waals surface area contributed by atoms with Crippen molar-refractivity contribution in [1.82, 2.24) is 79.6 Å². The van der Waals surface area contributed by atoms with Gasteiger partial charge in [-0.15, -0.1) is 0 Å². The number of rotatable bonds is 27. The van der Waals surface area contributed by atoms with Crippen molar-refractivity contribution < 1.29 is 38.2 Å². The first-order valence-electron chi connectivity index (χ1n) is 43.9. The molecule has 650 valence electrons. The van der Waals surface area contributed by atoms with E-state index in [2.05, 4.69) is 237 Å². The van der Waals surface area contributed by atoms with Gasteiger partial charge in [-0.05, 0) is 249 Å². The maximum atomic E-state index is 13.2. The summed E-state index contributed by atoms with van der Waals surface area (Å²) in [4.78, 5) is 89.8. The molecule has 24 nitrogen and oxygen atoms in total. The Labute approximate surface area is 733 Å². The summed E-state index contributed by atoms with van der Waals surface area (Å²) in [5, 5.41) is 11.6. The lowest BCUT2D eigenvalue weighted by Gasteiger charge is -2.27. The molecule has 0 atom stereocenters. The Morgan fingerprint density at radius 3 is 1.11 bits per heavy atom. The first kappa shape index (κ1) is 90.2. The maximum Gasteiger partial charge on any atom is 0.407 e. The summed E-state index contributed by atoms with van der Waals surface area (Å²) in [5.74, 6) is 3.62. The molecule has 0 bridgehead atoms. The number of pyridine rings is 3. The van der Waals surface area contributed by atoms with E-state index in [-0.39, 0.29) is 18.1 Å². The van der Waals surface area contributed by atoms with Gasteiger partial charge in [0.05, 0.1) is 52.1 Å². The molecule has 4 amide bonds. The number of hydrogen-bond acceptors (Lipinski definition) is 17. The van der Waals surface area contributed by atoms with Gasteiger partial charge in [0, 0.05) is 95.7 Å². The van der Waals surface area contributed by atoms with Crippen molar-refractivity contribution in [2.45, 2.75) is 173 Å². The number of hydrogen-bond donors (Lipinski definition) is 4. The summed E-state index contributed by atoms with van der Waals surface area (Å²) < 4.78 is 22.7. The lowest BCUT2D eigenvalue weighted by atomic mass is 9.96. The molecular formula is C101H118N16O8. The smallest absolute Gasteiger partial charge is 0.407 e. The number of likely N-dealkylation sites (tertiary alicyclic amines) is 2. The van der Waals surface area contributed by atoms with Crippen LogP contribution in [-0.2, 0) is 97.2 Å². The largest absolute Gasteiger partial charge is 0.493 e. The van der Waals surface area contributed by atoms with Crippen LogP contribution in [0.5, 0.6) is 5.75 Å². The number of imidazole rings is 3. The minimum atomic E-state index is -0.438. The second-order valence-corrected chi connectivity index (χ2v) is 32.6. The number of fused-ring (bicyclic) bond motifs is 3. The van der Waals surface area contributed by atoms with Crippen LogP contribution in [0, 0.1) is 41.5 Å². The number of carbonyl (C=O) groups is 3. The average Bonchev–Trinajstić information content (AvgIpc) is 1.64. The quantitative estimate of drug-likeness (QED) is 0.0373. The van der Waals surface area contributed by atoms with Gasteiger partial charge in [0.25, 0.3) is 5.91 Å². The Bertz CT molecular complexity index is 5930. The highest BCUT2D eigenvalue weighted by Gasteiger charge is 2.23. The fourth-order valence-electron chi connectivity index (χ4n) is 17.1.